The Morgan fingerprint density at radius 1 is 1.33 bits per heavy atom. The highest BCUT2D eigenvalue weighted by Crippen LogP contribution is 2.29. The first-order chi connectivity index (χ1) is 7.24. The summed E-state index contributed by atoms with van der Waals surface area (Å²) in [6.45, 7) is 4.44. The third kappa shape index (κ3) is 2.05. The molecule has 0 radical (unpaired) electrons. The Labute approximate surface area is 96.1 Å². The first kappa shape index (κ1) is 10.6. The summed E-state index contributed by atoms with van der Waals surface area (Å²) in [5.74, 6) is 0. The molecule has 0 saturated heterocycles. The van der Waals surface area contributed by atoms with E-state index in [-0.39, 0.29) is 0 Å². The fourth-order valence-electron chi connectivity index (χ4n) is 1.20. The number of nitrogens with zero attached hydrogens (tertiary/aromatic N) is 3. The molecule has 2 heterocycles. The van der Waals surface area contributed by atoms with E-state index in [2.05, 4.69) is 15.0 Å². The van der Waals surface area contributed by atoms with Crippen LogP contribution in [0, 0.1) is 6.92 Å². The van der Waals surface area contributed by atoms with Crippen LogP contribution in [0.25, 0.3) is 10.3 Å². The number of aromatic nitrogens is 3. The molecule has 2 rings (SSSR count). The summed E-state index contributed by atoms with van der Waals surface area (Å²) in [6, 6.07) is 0.417. The Hall–Kier alpha value is -0.880. The molecule has 2 aromatic heterocycles. The van der Waals surface area contributed by atoms with Crippen molar-refractivity contribution < 1.29 is 4.74 Å². The molecule has 80 valence electrons. The molecule has 2 aromatic rings. The van der Waals surface area contributed by atoms with Crippen molar-refractivity contribution in [3.63, 3.8) is 0 Å². The van der Waals surface area contributed by atoms with E-state index in [1.165, 1.54) is 0 Å². The minimum atomic E-state index is 0.417. The van der Waals surface area contributed by atoms with Gasteiger partial charge in [-0.15, -0.1) is 11.3 Å². The van der Waals surface area contributed by atoms with Crippen molar-refractivity contribution in [2.24, 2.45) is 0 Å². The smallest absolute Gasteiger partial charge is 0.318 e. The molecule has 0 aromatic carbocycles. The van der Waals surface area contributed by atoms with Crippen molar-refractivity contribution in [1.82, 2.24) is 15.0 Å². The number of rotatable bonds is 3. The van der Waals surface area contributed by atoms with Gasteiger partial charge < -0.3 is 4.74 Å². The van der Waals surface area contributed by atoms with Gasteiger partial charge >= 0.3 is 6.01 Å². The lowest BCUT2D eigenvalue weighted by Crippen LogP contribution is -1.98. The van der Waals surface area contributed by atoms with Gasteiger partial charge in [-0.25, -0.2) is 4.98 Å². The highest BCUT2D eigenvalue weighted by Gasteiger charge is 2.10. The molecule has 0 aliphatic heterocycles. The van der Waals surface area contributed by atoms with Gasteiger partial charge in [-0.05, 0) is 20.1 Å². The van der Waals surface area contributed by atoms with E-state index >= 15 is 0 Å². The van der Waals surface area contributed by atoms with Crippen LogP contribution in [0.3, 0.4) is 0 Å². The minimum absolute atomic E-state index is 0.417. The second-order valence-corrected chi connectivity index (χ2v) is 4.91. The van der Waals surface area contributed by atoms with Gasteiger partial charge in [-0.2, -0.15) is 9.97 Å². The molecular weight excluding hydrogens is 230 g/mol. The Kier molecular flexibility index (Phi) is 3.06. The molecule has 0 unspecified atom stereocenters. The van der Waals surface area contributed by atoms with E-state index in [9.17, 15) is 0 Å². The molecule has 0 N–H and O–H groups in total. The first-order valence-electron chi connectivity index (χ1n) is 4.56. The van der Waals surface area contributed by atoms with Gasteiger partial charge in [-0.1, -0.05) is 11.8 Å². The van der Waals surface area contributed by atoms with Crippen LogP contribution >= 0.6 is 23.1 Å². The molecule has 0 atom stereocenters. The predicted octanol–water partition coefficient (Wildman–Crippen LogP) is 2.52. The van der Waals surface area contributed by atoms with Crippen LogP contribution in [0.15, 0.2) is 4.34 Å². The number of hydrogen-bond donors (Lipinski definition) is 0. The summed E-state index contributed by atoms with van der Waals surface area (Å²) in [5.41, 5.74) is 1.67. The number of thioether (sulfide) groups is 1. The summed E-state index contributed by atoms with van der Waals surface area (Å²) >= 11 is 3.24. The largest absolute Gasteiger partial charge is 0.464 e. The summed E-state index contributed by atoms with van der Waals surface area (Å²) in [5, 5.41) is 0. The lowest BCUT2D eigenvalue weighted by atomic mass is 10.4. The number of ether oxygens (including phenoxy) is 1. The summed E-state index contributed by atoms with van der Waals surface area (Å²) in [4.78, 5) is 12.9. The van der Waals surface area contributed by atoms with Gasteiger partial charge in [0.1, 0.15) is 0 Å². The second-order valence-electron chi connectivity index (χ2n) is 2.86. The molecule has 0 aliphatic carbocycles. The van der Waals surface area contributed by atoms with Crippen LogP contribution in [0.5, 0.6) is 6.01 Å². The lowest BCUT2D eigenvalue weighted by Gasteiger charge is -2.00. The number of aryl methyl sites for hydroxylation is 1. The summed E-state index contributed by atoms with van der Waals surface area (Å²) in [6.07, 6.45) is 2.00. The fourth-order valence-corrected chi connectivity index (χ4v) is 2.64. The van der Waals surface area contributed by atoms with Gasteiger partial charge in [0, 0.05) is 0 Å². The maximum atomic E-state index is 5.27. The molecule has 0 fully saturated rings. The summed E-state index contributed by atoms with van der Waals surface area (Å²) < 4.78 is 7.33. The van der Waals surface area contributed by atoms with Crippen LogP contribution in [-0.4, -0.2) is 27.8 Å². The van der Waals surface area contributed by atoms with E-state index < -0.39 is 0 Å². The van der Waals surface area contributed by atoms with Gasteiger partial charge in [0.2, 0.25) is 0 Å². The molecule has 0 bridgehead atoms. The quantitative estimate of drug-likeness (QED) is 0.773. The van der Waals surface area contributed by atoms with Crippen LogP contribution in [-0.2, 0) is 0 Å². The molecule has 15 heavy (non-hydrogen) atoms. The average Bonchev–Trinajstić information content (AvgIpc) is 2.62. The van der Waals surface area contributed by atoms with Crippen LogP contribution in [0.1, 0.15) is 12.6 Å². The van der Waals surface area contributed by atoms with E-state index in [1.807, 2.05) is 20.1 Å². The second kappa shape index (κ2) is 4.32. The highest BCUT2D eigenvalue weighted by molar-refractivity contribution is 8.00. The van der Waals surface area contributed by atoms with Crippen molar-refractivity contribution in [2.75, 3.05) is 12.9 Å². The van der Waals surface area contributed by atoms with Crippen LogP contribution in [0.4, 0.5) is 0 Å². The molecular formula is C9H11N3OS2. The molecule has 0 amide bonds. The van der Waals surface area contributed by atoms with E-state index in [0.717, 1.165) is 20.4 Å². The molecule has 0 saturated carbocycles. The third-order valence-electron chi connectivity index (χ3n) is 1.83. The Morgan fingerprint density at radius 3 is 2.80 bits per heavy atom. The SMILES string of the molecule is CCOc1nc(C)c2sc(SC)nc2n1. The molecule has 6 heteroatoms. The van der Waals surface area contributed by atoms with Gasteiger partial charge in [-0.3, -0.25) is 0 Å². The number of thiazole rings is 1. The molecule has 0 spiro atoms. The maximum Gasteiger partial charge on any atom is 0.318 e. The van der Waals surface area contributed by atoms with Crippen molar-refractivity contribution in [2.45, 2.75) is 18.2 Å². The van der Waals surface area contributed by atoms with Crippen molar-refractivity contribution in [3.05, 3.63) is 5.69 Å². The zero-order valence-corrected chi connectivity index (χ0v) is 10.4. The van der Waals surface area contributed by atoms with E-state index in [0.29, 0.717) is 12.6 Å². The lowest BCUT2D eigenvalue weighted by molar-refractivity contribution is 0.313. The summed E-state index contributed by atoms with van der Waals surface area (Å²) in [7, 11) is 0. The maximum absolute atomic E-state index is 5.27. The number of fused-ring (bicyclic) bond motifs is 1. The standard InChI is InChI=1S/C9H11N3OS2/c1-4-13-8-10-5(2)6-7(11-8)12-9(14-3)15-6/h4H2,1-3H3. The monoisotopic (exact) mass is 241 g/mol. The van der Waals surface area contributed by atoms with Crippen molar-refractivity contribution in [3.8, 4) is 6.01 Å². The zero-order valence-electron chi connectivity index (χ0n) is 8.77. The van der Waals surface area contributed by atoms with Crippen molar-refractivity contribution >= 4 is 33.4 Å². The first-order valence-corrected chi connectivity index (χ1v) is 6.60. The van der Waals surface area contributed by atoms with Crippen LogP contribution in [0.2, 0.25) is 0 Å². The van der Waals surface area contributed by atoms with Gasteiger partial charge in [0.05, 0.1) is 17.0 Å². The van der Waals surface area contributed by atoms with E-state index in [1.54, 1.807) is 23.1 Å². The molecule has 0 aliphatic rings. The third-order valence-corrected chi connectivity index (χ3v) is 3.97. The van der Waals surface area contributed by atoms with Gasteiger partial charge in [0.25, 0.3) is 0 Å². The van der Waals surface area contributed by atoms with Crippen molar-refractivity contribution in [1.29, 1.82) is 0 Å². The highest BCUT2D eigenvalue weighted by atomic mass is 32.2. The van der Waals surface area contributed by atoms with Crippen LogP contribution < -0.4 is 4.74 Å². The normalized spacial score (nSPS) is 10.9. The fraction of sp³-hybridized carbons (Fsp3) is 0.444. The van der Waals surface area contributed by atoms with Gasteiger partial charge in [0.15, 0.2) is 9.99 Å². The molecule has 4 nitrogen and oxygen atoms in total. The Balaban J connectivity index is 2.54. The minimum Gasteiger partial charge on any atom is -0.464 e. The topological polar surface area (TPSA) is 47.9 Å². The Bertz CT molecular complexity index is 483. The average molecular weight is 241 g/mol. The number of hydrogen-bond acceptors (Lipinski definition) is 6. The van der Waals surface area contributed by atoms with E-state index in [4.69, 9.17) is 4.74 Å². The Morgan fingerprint density at radius 2 is 2.13 bits per heavy atom. The zero-order chi connectivity index (χ0) is 10.8. The predicted molar refractivity (Wildman–Crippen MR) is 62.9 cm³/mol.